The number of amides is 1. The summed E-state index contributed by atoms with van der Waals surface area (Å²) in [6, 6.07) is 19.7. The molecule has 5 nitrogen and oxygen atoms in total. The van der Waals surface area contributed by atoms with Gasteiger partial charge in [0.15, 0.2) is 11.5 Å². The number of nitrogens with zero attached hydrogens (tertiary/aromatic N) is 2. The van der Waals surface area contributed by atoms with Crippen LogP contribution < -0.4 is 10.6 Å². The SMILES string of the molecule is Cc1ccc(C)c(Nc2ccc(C(=O)NCCc3ccccc3)nn2)c1. The monoisotopic (exact) mass is 346 g/mol. The molecule has 0 spiro atoms. The summed E-state index contributed by atoms with van der Waals surface area (Å²) in [5, 5.41) is 14.2. The van der Waals surface area contributed by atoms with Gasteiger partial charge in [0.25, 0.3) is 5.91 Å². The molecule has 5 heteroatoms. The lowest BCUT2D eigenvalue weighted by molar-refractivity contribution is 0.0948. The number of hydrogen-bond acceptors (Lipinski definition) is 4. The average molecular weight is 346 g/mol. The third-order valence-electron chi connectivity index (χ3n) is 4.10. The first-order valence-corrected chi connectivity index (χ1v) is 8.62. The van der Waals surface area contributed by atoms with Crippen molar-refractivity contribution in [2.24, 2.45) is 0 Å². The van der Waals surface area contributed by atoms with Crippen LogP contribution in [0.2, 0.25) is 0 Å². The Hall–Kier alpha value is -3.21. The van der Waals surface area contributed by atoms with Gasteiger partial charge in [-0.15, -0.1) is 10.2 Å². The predicted octanol–water partition coefficient (Wildman–Crippen LogP) is 3.81. The average Bonchev–Trinajstić information content (AvgIpc) is 2.66. The van der Waals surface area contributed by atoms with E-state index in [0.29, 0.717) is 18.1 Å². The lowest BCUT2D eigenvalue weighted by atomic mass is 10.1. The summed E-state index contributed by atoms with van der Waals surface area (Å²) in [4.78, 5) is 12.2. The van der Waals surface area contributed by atoms with Gasteiger partial charge < -0.3 is 10.6 Å². The van der Waals surface area contributed by atoms with Gasteiger partial charge in [0, 0.05) is 12.2 Å². The molecule has 3 rings (SSSR count). The van der Waals surface area contributed by atoms with E-state index in [2.05, 4.69) is 39.0 Å². The highest BCUT2D eigenvalue weighted by atomic mass is 16.1. The van der Waals surface area contributed by atoms with E-state index in [-0.39, 0.29) is 5.91 Å². The zero-order valence-corrected chi connectivity index (χ0v) is 15.0. The summed E-state index contributed by atoms with van der Waals surface area (Å²) in [5.74, 6) is 0.395. The van der Waals surface area contributed by atoms with Crippen LogP contribution >= 0.6 is 0 Å². The maximum absolute atomic E-state index is 12.2. The number of carbonyl (C=O) groups excluding carboxylic acids is 1. The number of aryl methyl sites for hydroxylation is 2. The fraction of sp³-hybridized carbons (Fsp3) is 0.190. The number of carbonyl (C=O) groups is 1. The topological polar surface area (TPSA) is 66.9 Å². The molecule has 0 saturated heterocycles. The van der Waals surface area contributed by atoms with Crippen LogP contribution in [0.3, 0.4) is 0 Å². The van der Waals surface area contributed by atoms with Gasteiger partial charge in [0.1, 0.15) is 0 Å². The molecule has 0 aliphatic rings. The minimum absolute atomic E-state index is 0.216. The number of hydrogen-bond donors (Lipinski definition) is 2. The molecule has 1 aromatic heterocycles. The van der Waals surface area contributed by atoms with E-state index >= 15 is 0 Å². The fourth-order valence-corrected chi connectivity index (χ4v) is 2.58. The molecule has 132 valence electrons. The van der Waals surface area contributed by atoms with Crippen molar-refractivity contribution in [3.63, 3.8) is 0 Å². The van der Waals surface area contributed by atoms with Crippen molar-refractivity contribution in [1.29, 1.82) is 0 Å². The number of nitrogens with one attached hydrogen (secondary N) is 2. The van der Waals surface area contributed by atoms with E-state index in [9.17, 15) is 4.79 Å². The van der Waals surface area contributed by atoms with Crippen LogP contribution in [-0.2, 0) is 6.42 Å². The van der Waals surface area contributed by atoms with Crippen LogP contribution in [-0.4, -0.2) is 22.6 Å². The first-order chi connectivity index (χ1) is 12.6. The van der Waals surface area contributed by atoms with Crippen LogP contribution in [0.25, 0.3) is 0 Å². The second-order valence-electron chi connectivity index (χ2n) is 6.24. The second kappa shape index (κ2) is 8.25. The highest BCUT2D eigenvalue weighted by Gasteiger charge is 2.08. The standard InChI is InChI=1S/C21H22N4O/c1-15-8-9-16(2)19(14-15)23-20-11-10-18(24-25-20)21(26)22-13-12-17-6-4-3-5-7-17/h3-11,14H,12-13H2,1-2H3,(H,22,26)(H,23,25). The van der Waals surface area contributed by atoms with Gasteiger partial charge in [-0.2, -0.15) is 0 Å². The smallest absolute Gasteiger partial charge is 0.271 e. The van der Waals surface area contributed by atoms with Crippen molar-refractivity contribution < 1.29 is 4.79 Å². The van der Waals surface area contributed by atoms with Gasteiger partial charge in [0.2, 0.25) is 0 Å². The number of anilines is 2. The van der Waals surface area contributed by atoms with E-state index in [0.717, 1.165) is 17.7 Å². The van der Waals surface area contributed by atoms with Gasteiger partial charge in [-0.05, 0) is 55.2 Å². The van der Waals surface area contributed by atoms with Gasteiger partial charge in [-0.3, -0.25) is 4.79 Å². The minimum Gasteiger partial charge on any atom is -0.350 e. The summed E-state index contributed by atoms with van der Waals surface area (Å²) in [6.45, 7) is 4.63. The van der Waals surface area contributed by atoms with E-state index in [1.54, 1.807) is 12.1 Å². The van der Waals surface area contributed by atoms with Gasteiger partial charge in [-0.1, -0.05) is 42.5 Å². The molecule has 0 bridgehead atoms. The van der Waals surface area contributed by atoms with Crippen LogP contribution in [0.1, 0.15) is 27.2 Å². The molecule has 1 heterocycles. The Morgan fingerprint density at radius 2 is 1.77 bits per heavy atom. The molecule has 0 aliphatic heterocycles. The summed E-state index contributed by atoms with van der Waals surface area (Å²) < 4.78 is 0. The summed E-state index contributed by atoms with van der Waals surface area (Å²) >= 11 is 0. The maximum atomic E-state index is 12.2. The lowest BCUT2D eigenvalue weighted by Gasteiger charge is -2.10. The van der Waals surface area contributed by atoms with E-state index in [1.165, 1.54) is 11.1 Å². The zero-order chi connectivity index (χ0) is 18.4. The minimum atomic E-state index is -0.216. The summed E-state index contributed by atoms with van der Waals surface area (Å²) in [6.07, 6.45) is 0.784. The molecule has 0 saturated carbocycles. The molecule has 0 unspecified atom stereocenters. The van der Waals surface area contributed by atoms with Crippen LogP contribution in [0.15, 0.2) is 60.7 Å². The molecular weight excluding hydrogens is 324 g/mol. The summed E-state index contributed by atoms with van der Waals surface area (Å²) in [5.41, 5.74) is 4.77. The van der Waals surface area contributed by atoms with E-state index in [1.807, 2.05) is 44.2 Å². The number of aromatic nitrogens is 2. The Balaban J connectivity index is 1.56. The Morgan fingerprint density at radius 1 is 0.962 bits per heavy atom. The molecule has 0 radical (unpaired) electrons. The largest absolute Gasteiger partial charge is 0.350 e. The van der Waals surface area contributed by atoms with E-state index < -0.39 is 0 Å². The van der Waals surface area contributed by atoms with Crippen molar-refractivity contribution in [2.45, 2.75) is 20.3 Å². The van der Waals surface area contributed by atoms with Crippen molar-refractivity contribution in [2.75, 3.05) is 11.9 Å². The molecule has 0 atom stereocenters. The Labute approximate surface area is 153 Å². The first kappa shape index (κ1) is 17.6. The molecule has 0 fully saturated rings. The van der Waals surface area contributed by atoms with Crippen LogP contribution in [0, 0.1) is 13.8 Å². The van der Waals surface area contributed by atoms with Gasteiger partial charge >= 0.3 is 0 Å². The quantitative estimate of drug-likeness (QED) is 0.712. The molecule has 26 heavy (non-hydrogen) atoms. The molecule has 0 aliphatic carbocycles. The fourth-order valence-electron chi connectivity index (χ4n) is 2.58. The second-order valence-corrected chi connectivity index (χ2v) is 6.24. The normalized spacial score (nSPS) is 10.4. The molecule has 1 amide bonds. The number of rotatable bonds is 6. The Kier molecular flexibility index (Phi) is 5.59. The third kappa shape index (κ3) is 4.66. The Bertz CT molecular complexity index is 876. The van der Waals surface area contributed by atoms with Crippen molar-refractivity contribution in [1.82, 2.24) is 15.5 Å². The maximum Gasteiger partial charge on any atom is 0.271 e. The highest BCUT2D eigenvalue weighted by molar-refractivity contribution is 5.92. The lowest BCUT2D eigenvalue weighted by Crippen LogP contribution is -2.26. The van der Waals surface area contributed by atoms with Crippen molar-refractivity contribution in [3.8, 4) is 0 Å². The molecule has 3 aromatic rings. The highest BCUT2D eigenvalue weighted by Crippen LogP contribution is 2.20. The van der Waals surface area contributed by atoms with Crippen LogP contribution in [0.4, 0.5) is 11.5 Å². The van der Waals surface area contributed by atoms with Gasteiger partial charge in [0.05, 0.1) is 0 Å². The van der Waals surface area contributed by atoms with Gasteiger partial charge in [-0.25, -0.2) is 0 Å². The predicted molar refractivity (Wildman–Crippen MR) is 104 cm³/mol. The van der Waals surface area contributed by atoms with E-state index in [4.69, 9.17) is 0 Å². The molecule has 2 aromatic carbocycles. The number of benzene rings is 2. The molecular formula is C21H22N4O. The first-order valence-electron chi connectivity index (χ1n) is 8.62. The third-order valence-corrected chi connectivity index (χ3v) is 4.10. The Morgan fingerprint density at radius 3 is 2.50 bits per heavy atom. The van der Waals surface area contributed by atoms with Crippen LogP contribution in [0.5, 0.6) is 0 Å². The van der Waals surface area contributed by atoms with Crippen molar-refractivity contribution >= 4 is 17.4 Å². The zero-order valence-electron chi connectivity index (χ0n) is 15.0. The molecule has 2 N–H and O–H groups in total. The van der Waals surface area contributed by atoms with Crippen molar-refractivity contribution in [3.05, 3.63) is 83.0 Å². The summed E-state index contributed by atoms with van der Waals surface area (Å²) in [7, 11) is 0.